The van der Waals surface area contributed by atoms with Gasteiger partial charge < -0.3 is 19.6 Å². The molecule has 34 heavy (non-hydrogen) atoms. The maximum Gasteiger partial charge on any atom is 0.337 e. The van der Waals surface area contributed by atoms with Gasteiger partial charge in [-0.15, -0.1) is 0 Å². The molecule has 1 atom stereocenters. The summed E-state index contributed by atoms with van der Waals surface area (Å²) in [6.07, 6.45) is 1.28. The molecule has 0 saturated carbocycles. The molecule has 2 aromatic carbocycles. The first-order valence-electron chi connectivity index (χ1n) is 10.2. The maximum absolute atomic E-state index is 12.2. The third kappa shape index (κ3) is 6.46. The van der Waals surface area contributed by atoms with E-state index in [-0.39, 0.29) is 17.2 Å². The molecule has 1 heterocycles. The minimum atomic E-state index is -1.15. The van der Waals surface area contributed by atoms with Crippen LogP contribution in [0.2, 0.25) is 5.02 Å². The number of carbonyl (C=O) groups is 3. The average Bonchev–Trinajstić information content (AvgIpc) is 3.27. The number of carboxylic acids is 1. The molecule has 1 unspecified atom stereocenters. The first kappa shape index (κ1) is 24.5. The Bertz CT molecular complexity index is 1240. The lowest BCUT2D eigenvalue weighted by Gasteiger charge is -2.13. The van der Waals surface area contributed by atoms with Crippen molar-refractivity contribution in [2.45, 2.75) is 19.9 Å². The van der Waals surface area contributed by atoms with Crippen molar-refractivity contribution in [1.29, 1.82) is 0 Å². The molecule has 0 aliphatic heterocycles. The zero-order valence-electron chi connectivity index (χ0n) is 18.4. The lowest BCUT2D eigenvalue weighted by molar-refractivity contribution is -0.129. The SMILES string of the molecule is Cc1ccccc1OCC(=O)NC(C)C(=O)NN=Cc1ccc(-c2ccc(Cl)c(C(=O)O)c2)o1. The highest BCUT2D eigenvalue weighted by Crippen LogP contribution is 2.26. The van der Waals surface area contributed by atoms with Gasteiger partial charge in [0.25, 0.3) is 11.8 Å². The first-order valence-corrected chi connectivity index (χ1v) is 10.6. The standard InChI is InChI=1S/C24H22ClN3O6/c1-14-5-3-4-6-20(14)33-13-22(29)27-15(2)23(30)28-26-12-17-8-10-21(34-17)16-7-9-19(25)18(11-16)24(31)32/h3-12,15H,13H2,1-2H3,(H,27,29)(H,28,30)(H,31,32). The van der Waals surface area contributed by atoms with Crippen molar-refractivity contribution < 1.29 is 28.6 Å². The van der Waals surface area contributed by atoms with E-state index in [1.165, 1.54) is 25.3 Å². The molecule has 0 aliphatic carbocycles. The number of carboxylic acid groups (broad SMARTS) is 1. The lowest BCUT2D eigenvalue weighted by Crippen LogP contribution is -2.45. The van der Waals surface area contributed by atoms with E-state index in [0.29, 0.717) is 22.8 Å². The van der Waals surface area contributed by atoms with Crippen LogP contribution in [-0.2, 0) is 9.59 Å². The van der Waals surface area contributed by atoms with Gasteiger partial charge in [0, 0.05) is 5.56 Å². The number of aromatic carboxylic acids is 1. The molecule has 3 N–H and O–H groups in total. The van der Waals surface area contributed by atoms with Crippen molar-refractivity contribution in [2.24, 2.45) is 5.10 Å². The molecule has 3 aromatic rings. The predicted molar refractivity (Wildman–Crippen MR) is 126 cm³/mol. The van der Waals surface area contributed by atoms with Gasteiger partial charge in [-0.25, -0.2) is 10.2 Å². The van der Waals surface area contributed by atoms with Crippen LogP contribution in [0.25, 0.3) is 11.3 Å². The van der Waals surface area contributed by atoms with Crippen LogP contribution in [0.3, 0.4) is 0 Å². The van der Waals surface area contributed by atoms with E-state index in [2.05, 4.69) is 15.8 Å². The Morgan fingerprint density at radius 3 is 2.68 bits per heavy atom. The monoisotopic (exact) mass is 483 g/mol. The fourth-order valence-corrected chi connectivity index (χ4v) is 3.08. The van der Waals surface area contributed by atoms with Gasteiger partial charge >= 0.3 is 5.97 Å². The highest BCUT2D eigenvalue weighted by Gasteiger charge is 2.16. The zero-order chi connectivity index (χ0) is 24.7. The summed E-state index contributed by atoms with van der Waals surface area (Å²) in [4.78, 5) is 35.5. The number of nitrogens with zero attached hydrogens (tertiary/aromatic N) is 1. The Hall–Kier alpha value is -4.11. The number of benzene rings is 2. The minimum Gasteiger partial charge on any atom is -0.484 e. The van der Waals surface area contributed by atoms with E-state index in [9.17, 15) is 19.5 Å². The molecular weight excluding hydrogens is 462 g/mol. The Labute approximate surface area is 200 Å². The van der Waals surface area contributed by atoms with E-state index in [0.717, 1.165) is 5.56 Å². The van der Waals surface area contributed by atoms with Crippen LogP contribution in [0.1, 0.15) is 28.6 Å². The summed E-state index contributed by atoms with van der Waals surface area (Å²) in [5, 5.41) is 15.7. The van der Waals surface area contributed by atoms with E-state index in [4.69, 9.17) is 20.8 Å². The number of carbonyl (C=O) groups excluding carboxylic acids is 2. The summed E-state index contributed by atoms with van der Waals surface area (Å²) in [5.41, 5.74) is 3.70. The van der Waals surface area contributed by atoms with Crippen molar-refractivity contribution in [1.82, 2.24) is 10.7 Å². The second kappa shape index (κ2) is 11.2. The van der Waals surface area contributed by atoms with Gasteiger partial charge in [-0.3, -0.25) is 9.59 Å². The molecule has 2 amide bonds. The lowest BCUT2D eigenvalue weighted by atomic mass is 10.1. The maximum atomic E-state index is 12.2. The number of furan rings is 1. The van der Waals surface area contributed by atoms with Crippen molar-refractivity contribution >= 4 is 35.6 Å². The molecule has 1 aromatic heterocycles. The number of para-hydroxylation sites is 1. The summed E-state index contributed by atoms with van der Waals surface area (Å²) in [7, 11) is 0. The average molecular weight is 484 g/mol. The van der Waals surface area contributed by atoms with Gasteiger partial charge in [0.1, 0.15) is 23.3 Å². The number of nitrogens with one attached hydrogen (secondary N) is 2. The van der Waals surface area contributed by atoms with Gasteiger partial charge in [0.2, 0.25) is 0 Å². The fourth-order valence-electron chi connectivity index (χ4n) is 2.89. The Morgan fingerprint density at radius 1 is 1.18 bits per heavy atom. The molecule has 0 fully saturated rings. The number of amides is 2. The molecule has 10 heteroatoms. The quantitative estimate of drug-likeness (QED) is 0.314. The summed E-state index contributed by atoms with van der Waals surface area (Å²) >= 11 is 5.88. The number of aryl methyl sites for hydroxylation is 1. The van der Waals surface area contributed by atoms with Gasteiger partial charge in [-0.05, 0) is 55.8 Å². The molecule has 0 saturated heterocycles. The van der Waals surface area contributed by atoms with Crippen LogP contribution < -0.4 is 15.5 Å². The molecule has 0 aliphatic rings. The van der Waals surface area contributed by atoms with Crippen molar-refractivity contribution in [3.63, 3.8) is 0 Å². The molecule has 3 rings (SSSR count). The van der Waals surface area contributed by atoms with Crippen LogP contribution >= 0.6 is 11.6 Å². The van der Waals surface area contributed by atoms with Gasteiger partial charge in [0.05, 0.1) is 16.8 Å². The number of rotatable bonds is 9. The van der Waals surface area contributed by atoms with Crippen LogP contribution in [-0.4, -0.2) is 41.8 Å². The molecule has 0 spiro atoms. The zero-order valence-corrected chi connectivity index (χ0v) is 19.1. The Kier molecular flexibility index (Phi) is 8.05. The minimum absolute atomic E-state index is 0.0432. The summed E-state index contributed by atoms with van der Waals surface area (Å²) in [6.45, 7) is 3.16. The number of ether oxygens (including phenoxy) is 1. The van der Waals surface area contributed by atoms with Gasteiger partial charge in [-0.2, -0.15) is 5.10 Å². The van der Waals surface area contributed by atoms with Crippen molar-refractivity contribution in [2.75, 3.05) is 6.61 Å². The van der Waals surface area contributed by atoms with Crippen LogP contribution in [0.4, 0.5) is 0 Å². The molecular formula is C24H22ClN3O6. The number of hydrazone groups is 1. The Balaban J connectivity index is 1.50. The normalized spacial score (nSPS) is 11.7. The van der Waals surface area contributed by atoms with Gasteiger partial charge in [0.15, 0.2) is 6.61 Å². The predicted octanol–water partition coefficient (Wildman–Crippen LogP) is 3.64. The van der Waals surface area contributed by atoms with E-state index < -0.39 is 23.8 Å². The van der Waals surface area contributed by atoms with Crippen LogP contribution in [0.5, 0.6) is 5.75 Å². The number of halogens is 1. The fraction of sp³-hybridized carbons (Fsp3) is 0.167. The smallest absolute Gasteiger partial charge is 0.337 e. The van der Waals surface area contributed by atoms with Crippen LogP contribution in [0.15, 0.2) is 64.1 Å². The largest absolute Gasteiger partial charge is 0.484 e. The summed E-state index contributed by atoms with van der Waals surface area (Å²) in [6, 6.07) is 14.2. The molecule has 0 bridgehead atoms. The topological polar surface area (TPSA) is 130 Å². The van der Waals surface area contributed by atoms with Gasteiger partial charge in [-0.1, -0.05) is 29.8 Å². The molecule has 9 nitrogen and oxygen atoms in total. The van der Waals surface area contributed by atoms with E-state index >= 15 is 0 Å². The van der Waals surface area contributed by atoms with Crippen molar-refractivity contribution in [3.05, 3.63) is 76.5 Å². The third-order valence-corrected chi connectivity index (χ3v) is 5.03. The number of hydrogen-bond acceptors (Lipinski definition) is 6. The second-order valence-corrected chi connectivity index (χ2v) is 7.69. The highest BCUT2D eigenvalue weighted by atomic mass is 35.5. The Morgan fingerprint density at radius 2 is 1.94 bits per heavy atom. The molecule has 0 radical (unpaired) electrons. The first-order chi connectivity index (χ1) is 16.2. The molecule has 176 valence electrons. The highest BCUT2D eigenvalue weighted by molar-refractivity contribution is 6.33. The number of hydrogen-bond donors (Lipinski definition) is 3. The summed E-state index contributed by atoms with van der Waals surface area (Å²) < 4.78 is 11.1. The summed E-state index contributed by atoms with van der Waals surface area (Å²) in [5.74, 6) is -0.808. The van der Waals surface area contributed by atoms with E-state index in [1.807, 2.05) is 19.1 Å². The van der Waals surface area contributed by atoms with Crippen molar-refractivity contribution in [3.8, 4) is 17.1 Å². The third-order valence-electron chi connectivity index (χ3n) is 4.70. The van der Waals surface area contributed by atoms with E-state index in [1.54, 1.807) is 30.3 Å². The van der Waals surface area contributed by atoms with Crippen LogP contribution in [0, 0.1) is 6.92 Å². The second-order valence-electron chi connectivity index (χ2n) is 7.28.